The second kappa shape index (κ2) is 11.4. The predicted molar refractivity (Wildman–Crippen MR) is 142 cm³/mol. The molecule has 0 aliphatic carbocycles. The van der Waals surface area contributed by atoms with Crippen LogP contribution in [0.3, 0.4) is 0 Å². The van der Waals surface area contributed by atoms with E-state index in [1.165, 1.54) is 18.7 Å². The monoisotopic (exact) mass is 505 g/mol. The van der Waals surface area contributed by atoms with Crippen molar-refractivity contribution in [1.82, 2.24) is 4.90 Å². The molecular weight excluding hydrogens is 474 g/mol. The minimum absolute atomic E-state index is 0.0627. The largest absolute Gasteiger partial charge is 0.480 e. The number of thioether (sulfide) groups is 1. The minimum atomic E-state index is -1.43. The van der Waals surface area contributed by atoms with Crippen molar-refractivity contribution in [3.8, 4) is 0 Å². The second-order valence-electron chi connectivity index (χ2n) is 9.31. The first-order valence-corrected chi connectivity index (χ1v) is 12.6. The molecule has 0 aliphatic heterocycles. The van der Waals surface area contributed by atoms with Crippen LogP contribution >= 0.6 is 11.8 Å². The number of hydrogen-bond acceptors (Lipinski definition) is 5. The number of carbonyl (C=O) groups excluding carboxylic acids is 2. The maximum atomic E-state index is 12.9. The highest BCUT2D eigenvalue weighted by Gasteiger charge is 2.42. The number of carbonyl (C=O) groups is 3. The summed E-state index contributed by atoms with van der Waals surface area (Å²) in [5.74, 6) is -2.04. The van der Waals surface area contributed by atoms with Gasteiger partial charge in [0.05, 0.1) is 4.75 Å². The Morgan fingerprint density at radius 3 is 1.50 bits per heavy atom. The maximum absolute atomic E-state index is 12.9. The van der Waals surface area contributed by atoms with Crippen LogP contribution in [0.5, 0.6) is 0 Å². The van der Waals surface area contributed by atoms with Gasteiger partial charge in [-0.25, -0.2) is 14.5 Å². The number of carboxylic acid groups (broad SMARTS) is 1. The van der Waals surface area contributed by atoms with E-state index >= 15 is 0 Å². The summed E-state index contributed by atoms with van der Waals surface area (Å²) < 4.78 is 4.57. The fraction of sp³-hybridized carbons (Fsp3) is 0.276. The number of rotatable bonds is 8. The molecule has 0 aliphatic rings. The summed E-state index contributed by atoms with van der Waals surface area (Å²) in [5.41, 5.74) is 1.96. The molecule has 0 fully saturated rings. The van der Waals surface area contributed by atoms with Gasteiger partial charge in [-0.15, -0.1) is 11.8 Å². The van der Waals surface area contributed by atoms with Gasteiger partial charge in [-0.05, 0) is 37.5 Å². The van der Waals surface area contributed by atoms with Crippen molar-refractivity contribution in [2.45, 2.75) is 44.1 Å². The molecule has 2 amide bonds. The average molecular weight is 506 g/mol. The lowest BCUT2D eigenvalue weighted by Crippen LogP contribution is -2.51. The molecule has 0 heterocycles. The van der Waals surface area contributed by atoms with Crippen molar-refractivity contribution in [2.75, 3.05) is 5.75 Å². The lowest BCUT2D eigenvalue weighted by atomic mass is 9.84. The number of hydrogen-bond donors (Lipinski definition) is 1. The van der Waals surface area contributed by atoms with Crippen LogP contribution < -0.4 is 0 Å². The van der Waals surface area contributed by atoms with E-state index in [0.717, 1.165) is 16.7 Å². The lowest BCUT2D eigenvalue weighted by molar-refractivity contribution is -0.147. The molecule has 3 aromatic carbocycles. The van der Waals surface area contributed by atoms with Crippen LogP contribution in [-0.4, -0.2) is 45.4 Å². The van der Waals surface area contributed by atoms with Gasteiger partial charge in [-0.3, -0.25) is 4.79 Å². The first-order chi connectivity index (χ1) is 17.1. The molecule has 36 heavy (non-hydrogen) atoms. The standard InChI is InChI=1S/C29H31NO5S/c1-21(31)30(27(34)35-28(2,3)4)25(26(32)33)20-36-29(22-14-8-5-9-15-22,23-16-10-6-11-17-23)24-18-12-7-13-19-24/h5-19,25H,20H2,1-4H3,(H,32,33). The van der Waals surface area contributed by atoms with Gasteiger partial charge in [0, 0.05) is 12.7 Å². The SMILES string of the molecule is CC(=O)N(C(=O)OC(C)(C)C)C(CSC(c1ccccc1)(c1ccccc1)c1ccccc1)C(=O)O. The van der Waals surface area contributed by atoms with Crippen LogP contribution in [0.15, 0.2) is 91.0 Å². The van der Waals surface area contributed by atoms with E-state index in [1.807, 2.05) is 91.0 Å². The number of ether oxygens (including phenoxy) is 1. The van der Waals surface area contributed by atoms with Gasteiger partial charge in [0.15, 0.2) is 0 Å². The Balaban J connectivity index is 2.13. The normalized spacial score (nSPS) is 12.4. The van der Waals surface area contributed by atoms with Crippen LogP contribution in [0.1, 0.15) is 44.4 Å². The average Bonchev–Trinajstić information content (AvgIpc) is 2.84. The third-order valence-corrected chi connectivity index (χ3v) is 7.15. The molecule has 188 valence electrons. The first-order valence-electron chi connectivity index (χ1n) is 11.6. The summed E-state index contributed by atoms with van der Waals surface area (Å²) in [6.07, 6.45) is -0.979. The number of benzene rings is 3. The smallest absolute Gasteiger partial charge is 0.417 e. The third kappa shape index (κ3) is 6.15. The van der Waals surface area contributed by atoms with Gasteiger partial charge >= 0.3 is 12.1 Å². The molecular formula is C29H31NO5S. The zero-order valence-electron chi connectivity index (χ0n) is 20.9. The number of nitrogens with zero attached hydrogens (tertiary/aromatic N) is 1. The summed E-state index contributed by atoms with van der Waals surface area (Å²) in [4.78, 5) is 38.5. The molecule has 3 rings (SSSR count). The molecule has 3 aromatic rings. The molecule has 0 saturated carbocycles. The molecule has 1 atom stereocenters. The zero-order valence-corrected chi connectivity index (χ0v) is 21.7. The molecule has 0 bridgehead atoms. The number of imide groups is 1. The van der Waals surface area contributed by atoms with Crippen LogP contribution in [0.4, 0.5) is 4.79 Å². The second-order valence-corrected chi connectivity index (χ2v) is 10.5. The van der Waals surface area contributed by atoms with Gasteiger partial charge in [0.2, 0.25) is 5.91 Å². The Labute approximate surface area is 216 Å². The predicted octanol–water partition coefficient (Wildman–Crippen LogP) is 5.95. The zero-order chi connectivity index (χ0) is 26.3. The van der Waals surface area contributed by atoms with Crippen molar-refractivity contribution in [3.63, 3.8) is 0 Å². The van der Waals surface area contributed by atoms with E-state index < -0.39 is 34.4 Å². The Kier molecular flexibility index (Phi) is 8.58. The quantitative estimate of drug-likeness (QED) is 0.381. The van der Waals surface area contributed by atoms with E-state index in [4.69, 9.17) is 4.74 Å². The highest BCUT2D eigenvalue weighted by Crippen LogP contribution is 2.48. The fourth-order valence-electron chi connectivity index (χ4n) is 4.02. The highest BCUT2D eigenvalue weighted by molar-refractivity contribution is 8.00. The summed E-state index contributed by atoms with van der Waals surface area (Å²) in [7, 11) is 0. The van der Waals surface area contributed by atoms with Gasteiger partial charge in [-0.1, -0.05) is 91.0 Å². The van der Waals surface area contributed by atoms with Crippen LogP contribution in [0.2, 0.25) is 0 Å². The maximum Gasteiger partial charge on any atom is 0.417 e. The molecule has 6 nitrogen and oxygen atoms in total. The first kappa shape index (κ1) is 27.0. The lowest BCUT2D eigenvalue weighted by Gasteiger charge is -2.37. The Morgan fingerprint density at radius 1 is 0.806 bits per heavy atom. The summed E-state index contributed by atoms with van der Waals surface area (Å²) in [5, 5.41) is 10.1. The van der Waals surface area contributed by atoms with Gasteiger partial charge in [0.25, 0.3) is 0 Å². The van der Waals surface area contributed by atoms with Crippen molar-refractivity contribution < 1.29 is 24.2 Å². The van der Waals surface area contributed by atoms with Gasteiger partial charge in [-0.2, -0.15) is 0 Å². The molecule has 0 aromatic heterocycles. The van der Waals surface area contributed by atoms with E-state index in [9.17, 15) is 19.5 Å². The van der Waals surface area contributed by atoms with Gasteiger partial charge < -0.3 is 9.84 Å². The van der Waals surface area contributed by atoms with Crippen molar-refractivity contribution in [3.05, 3.63) is 108 Å². The molecule has 0 saturated heterocycles. The molecule has 0 spiro atoms. The van der Waals surface area contributed by atoms with Crippen LogP contribution in [-0.2, 0) is 19.1 Å². The summed E-state index contributed by atoms with van der Waals surface area (Å²) in [6, 6.07) is 28.0. The Bertz CT molecular complexity index is 1080. The van der Waals surface area contributed by atoms with E-state index in [1.54, 1.807) is 20.8 Å². The van der Waals surface area contributed by atoms with Crippen LogP contribution in [0, 0.1) is 0 Å². The van der Waals surface area contributed by atoms with E-state index in [0.29, 0.717) is 4.90 Å². The minimum Gasteiger partial charge on any atom is -0.480 e. The number of aliphatic carboxylic acids is 1. The fourth-order valence-corrected chi connectivity index (χ4v) is 5.62. The van der Waals surface area contributed by atoms with Crippen molar-refractivity contribution in [2.24, 2.45) is 0 Å². The number of carboxylic acids is 1. The van der Waals surface area contributed by atoms with E-state index in [2.05, 4.69) is 0 Å². The molecule has 7 heteroatoms. The molecule has 1 unspecified atom stereocenters. The van der Waals surface area contributed by atoms with Crippen molar-refractivity contribution in [1.29, 1.82) is 0 Å². The summed E-state index contributed by atoms with van der Waals surface area (Å²) >= 11 is 1.36. The van der Waals surface area contributed by atoms with Crippen LogP contribution in [0.25, 0.3) is 0 Å². The number of amides is 2. The van der Waals surface area contributed by atoms with Crippen molar-refractivity contribution >= 4 is 29.7 Å². The Hall–Kier alpha value is -3.58. The molecule has 0 radical (unpaired) electrons. The third-order valence-electron chi connectivity index (χ3n) is 5.52. The topological polar surface area (TPSA) is 83.9 Å². The Morgan fingerprint density at radius 2 is 1.19 bits per heavy atom. The molecule has 1 N–H and O–H groups in total. The highest BCUT2D eigenvalue weighted by atomic mass is 32.2. The van der Waals surface area contributed by atoms with Gasteiger partial charge in [0.1, 0.15) is 11.6 Å². The summed E-state index contributed by atoms with van der Waals surface area (Å²) in [6.45, 7) is 6.17. The van der Waals surface area contributed by atoms with E-state index in [-0.39, 0.29) is 5.75 Å².